The molecule has 1 rings (SSSR count). The highest BCUT2D eigenvalue weighted by Crippen LogP contribution is 2.07. The quantitative estimate of drug-likeness (QED) is 0.754. The Balaban J connectivity index is 2.12. The summed E-state index contributed by atoms with van der Waals surface area (Å²) in [4.78, 5) is 0. The standard InChI is InChI=1S/C12H21NO/c1-10(2)4-5-11(3)13-8-12-6-7-14-9-12/h6-7,9-11,13H,4-5,8H2,1-3H3. The van der Waals surface area contributed by atoms with E-state index in [1.165, 1.54) is 18.4 Å². The van der Waals surface area contributed by atoms with E-state index in [0.717, 1.165) is 12.5 Å². The van der Waals surface area contributed by atoms with Crippen LogP contribution in [0.1, 0.15) is 39.2 Å². The highest BCUT2D eigenvalue weighted by molar-refractivity contribution is 5.04. The van der Waals surface area contributed by atoms with Gasteiger partial charge in [-0.25, -0.2) is 0 Å². The maximum absolute atomic E-state index is 5.00. The van der Waals surface area contributed by atoms with Gasteiger partial charge in [-0.05, 0) is 31.7 Å². The van der Waals surface area contributed by atoms with Crippen molar-refractivity contribution < 1.29 is 4.42 Å². The second kappa shape index (κ2) is 5.86. The number of hydrogen-bond donors (Lipinski definition) is 1. The lowest BCUT2D eigenvalue weighted by atomic mass is 10.0. The molecule has 0 radical (unpaired) electrons. The Labute approximate surface area is 86.7 Å². The Bertz CT molecular complexity index is 228. The minimum Gasteiger partial charge on any atom is -0.472 e. The highest BCUT2D eigenvalue weighted by atomic mass is 16.3. The molecule has 0 aliphatic rings. The van der Waals surface area contributed by atoms with Crippen LogP contribution in [-0.2, 0) is 6.54 Å². The van der Waals surface area contributed by atoms with E-state index < -0.39 is 0 Å². The van der Waals surface area contributed by atoms with E-state index in [1.54, 1.807) is 12.5 Å². The first-order valence-electron chi connectivity index (χ1n) is 5.43. The molecule has 0 amide bonds. The van der Waals surface area contributed by atoms with Crippen molar-refractivity contribution in [2.24, 2.45) is 5.92 Å². The number of furan rings is 1. The molecular formula is C12H21NO. The van der Waals surface area contributed by atoms with Crippen molar-refractivity contribution in [1.82, 2.24) is 5.32 Å². The molecule has 1 aromatic heterocycles. The van der Waals surface area contributed by atoms with Gasteiger partial charge in [-0.1, -0.05) is 13.8 Å². The van der Waals surface area contributed by atoms with Crippen LogP contribution in [0.3, 0.4) is 0 Å². The summed E-state index contributed by atoms with van der Waals surface area (Å²) in [6.07, 6.45) is 6.05. The maximum atomic E-state index is 5.00. The van der Waals surface area contributed by atoms with Crippen LogP contribution in [0.4, 0.5) is 0 Å². The minimum atomic E-state index is 0.590. The molecule has 1 aromatic rings. The topological polar surface area (TPSA) is 25.2 Å². The van der Waals surface area contributed by atoms with Gasteiger partial charge in [0, 0.05) is 18.2 Å². The maximum Gasteiger partial charge on any atom is 0.0947 e. The lowest BCUT2D eigenvalue weighted by molar-refractivity contribution is 0.449. The summed E-state index contributed by atoms with van der Waals surface area (Å²) in [5.74, 6) is 0.799. The number of nitrogens with one attached hydrogen (secondary N) is 1. The van der Waals surface area contributed by atoms with Crippen LogP contribution in [0.25, 0.3) is 0 Å². The predicted molar refractivity (Wildman–Crippen MR) is 59.1 cm³/mol. The van der Waals surface area contributed by atoms with Crippen LogP contribution < -0.4 is 5.32 Å². The second-order valence-electron chi connectivity index (χ2n) is 4.38. The lowest BCUT2D eigenvalue weighted by Crippen LogP contribution is -2.25. The summed E-state index contributed by atoms with van der Waals surface area (Å²) in [6, 6.07) is 2.59. The van der Waals surface area contributed by atoms with Crippen LogP contribution in [0.15, 0.2) is 23.0 Å². The summed E-state index contributed by atoms with van der Waals surface area (Å²) >= 11 is 0. The molecule has 0 saturated carbocycles. The first-order valence-corrected chi connectivity index (χ1v) is 5.43. The third-order valence-electron chi connectivity index (χ3n) is 2.41. The zero-order valence-corrected chi connectivity index (χ0v) is 9.42. The SMILES string of the molecule is CC(C)CCC(C)NCc1ccoc1. The van der Waals surface area contributed by atoms with Gasteiger partial charge in [0.1, 0.15) is 0 Å². The molecular weight excluding hydrogens is 174 g/mol. The first kappa shape index (κ1) is 11.3. The summed E-state index contributed by atoms with van der Waals surface area (Å²) in [5.41, 5.74) is 1.22. The molecule has 0 saturated heterocycles. The molecule has 0 aromatic carbocycles. The van der Waals surface area contributed by atoms with Crippen molar-refractivity contribution in [3.8, 4) is 0 Å². The Kier molecular flexibility index (Phi) is 4.74. The summed E-state index contributed by atoms with van der Waals surface area (Å²) < 4.78 is 5.00. The van der Waals surface area contributed by atoms with E-state index in [1.807, 2.05) is 6.07 Å². The van der Waals surface area contributed by atoms with Crippen molar-refractivity contribution in [1.29, 1.82) is 0 Å². The minimum absolute atomic E-state index is 0.590. The molecule has 0 aliphatic heterocycles. The van der Waals surface area contributed by atoms with Gasteiger partial charge < -0.3 is 9.73 Å². The molecule has 1 N–H and O–H groups in total. The monoisotopic (exact) mass is 195 g/mol. The van der Waals surface area contributed by atoms with Gasteiger partial charge in [-0.2, -0.15) is 0 Å². The number of hydrogen-bond acceptors (Lipinski definition) is 2. The fourth-order valence-electron chi connectivity index (χ4n) is 1.37. The van der Waals surface area contributed by atoms with E-state index in [4.69, 9.17) is 4.42 Å². The Morgan fingerprint density at radius 3 is 2.64 bits per heavy atom. The molecule has 80 valence electrons. The van der Waals surface area contributed by atoms with Gasteiger partial charge in [-0.3, -0.25) is 0 Å². The van der Waals surface area contributed by atoms with Crippen molar-refractivity contribution in [2.75, 3.05) is 0 Å². The lowest BCUT2D eigenvalue weighted by Gasteiger charge is -2.14. The Morgan fingerprint density at radius 2 is 2.07 bits per heavy atom. The third kappa shape index (κ3) is 4.47. The van der Waals surface area contributed by atoms with Gasteiger partial charge in [0.2, 0.25) is 0 Å². The van der Waals surface area contributed by atoms with Crippen LogP contribution in [-0.4, -0.2) is 6.04 Å². The van der Waals surface area contributed by atoms with E-state index >= 15 is 0 Å². The molecule has 1 atom stereocenters. The van der Waals surface area contributed by atoms with Crippen LogP contribution >= 0.6 is 0 Å². The number of rotatable bonds is 6. The Hall–Kier alpha value is -0.760. The predicted octanol–water partition coefficient (Wildman–Crippen LogP) is 3.19. The smallest absolute Gasteiger partial charge is 0.0947 e. The molecule has 1 heterocycles. The van der Waals surface area contributed by atoms with E-state index in [0.29, 0.717) is 6.04 Å². The van der Waals surface area contributed by atoms with Crippen LogP contribution in [0, 0.1) is 5.92 Å². The fraction of sp³-hybridized carbons (Fsp3) is 0.667. The van der Waals surface area contributed by atoms with Crippen molar-refractivity contribution in [3.05, 3.63) is 24.2 Å². The van der Waals surface area contributed by atoms with Gasteiger partial charge in [-0.15, -0.1) is 0 Å². The molecule has 2 nitrogen and oxygen atoms in total. The van der Waals surface area contributed by atoms with Crippen LogP contribution in [0.2, 0.25) is 0 Å². The first-order chi connectivity index (χ1) is 6.68. The van der Waals surface area contributed by atoms with Crippen molar-refractivity contribution in [2.45, 2.75) is 46.2 Å². The summed E-state index contributed by atoms with van der Waals surface area (Å²) in [5, 5.41) is 3.48. The van der Waals surface area contributed by atoms with Gasteiger partial charge in [0.15, 0.2) is 0 Å². The fourth-order valence-corrected chi connectivity index (χ4v) is 1.37. The Morgan fingerprint density at radius 1 is 1.29 bits per heavy atom. The summed E-state index contributed by atoms with van der Waals surface area (Å²) in [7, 11) is 0. The van der Waals surface area contributed by atoms with Crippen molar-refractivity contribution in [3.63, 3.8) is 0 Å². The average Bonchev–Trinajstić information content (AvgIpc) is 2.63. The molecule has 0 aliphatic carbocycles. The molecule has 0 bridgehead atoms. The van der Waals surface area contributed by atoms with Crippen LogP contribution in [0.5, 0.6) is 0 Å². The zero-order valence-electron chi connectivity index (χ0n) is 9.42. The second-order valence-corrected chi connectivity index (χ2v) is 4.38. The summed E-state index contributed by atoms with van der Waals surface area (Å²) in [6.45, 7) is 7.68. The van der Waals surface area contributed by atoms with Gasteiger partial charge in [0.05, 0.1) is 12.5 Å². The molecule has 1 unspecified atom stereocenters. The van der Waals surface area contributed by atoms with E-state index in [9.17, 15) is 0 Å². The average molecular weight is 195 g/mol. The normalized spacial score (nSPS) is 13.4. The third-order valence-corrected chi connectivity index (χ3v) is 2.41. The van der Waals surface area contributed by atoms with Gasteiger partial charge in [0.25, 0.3) is 0 Å². The highest BCUT2D eigenvalue weighted by Gasteiger charge is 2.03. The van der Waals surface area contributed by atoms with Crippen molar-refractivity contribution >= 4 is 0 Å². The zero-order chi connectivity index (χ0) is 10.4. The largest absolute Gasteiger partial charge is 0.472 e. The molecule has 0 fully saturated rings. The molecule has 2 heteroatoms. The van der Waals surface area contributed by atoms with E-state index in [-0.39, 0.29) is 0 Å². The molecule has 0 spiro atoms. The molecule has 14 heavy (non-hydrogen) atoms. The van der Waals surface area contributed by atoms with Gasteiger partial charge >= 0.3 is 0 Å². The van der Waals surface area contributed by atoms with E-state index in [2.05, 4.69) is 26.1 Å².